The molecule has 0 radical (unpaired) electrons. The molecular weight excluding hydrogens is 196 g/mol. The zero-order chi connectivity index (χ0) is 11.4. The van der Waals surface area contributed by atoms with E-state index in [2.05, 4.69) is 48.5 Å². The van der Waals surface area contributed by atoms with E-state index >= 15 is 0 Å². The van der Waals surface area contributed by atoms with Crippen LogP contribution >= 0.6 is 0 Å². The van der Waals surface area contributed by atoms with Crippen molar-refractivity contribution in [1.82, 2.24) is 5.32 Å². The van der Waals surface area contributed by atoms with Gasteiger partial charge in [0.1, 0.15) is 0 Å². The van der Waals surface area contributed by atoms with Crippen molar-refractivity contribution in [3.8, 4) is 0 Å². The Kier molecular flexibility index (Phi) is 3.83. The molecule has 1 aromatic rings. The Morgan fingerprint density at radius 2 is 1.81 bits per heavy atom. The smallest absolute Gasteiger partial charge is 0.0366 e. The lowest BCUT2D eigenvalue weighted by Crippen LogP contribution is -2.41. The predicted molar refractivity (Wildman–Crippen MR) is 70.1 cm³/mol. The van der Waals surface area contributed by atoms with Crippen molar-refractivity contribution in [1.29, 1.82) is 0 Å². The molecule has 0 atom stereocenters. The molecule has 0 unspecified atom stereocenters. The summed E-state index contributed by atoms with van der Waals surface area (Å²) >= 11 is 0. The number of nitrogens with zero attached hydrogens (tertiary/aromatic N) is 1. The maximum Gasteiger partial charge on any atom is 0.0366 e. The topological polar surface area (TPSA) is 15.3 Å². The van der Waals surface area contributed by atoms with Gasteiger partial charge in [-0.25, -0.2) is 0 Å². The fourth-order valence-corrected chi connectivity index (χ4v) is 2.37. The largest absolute Gasteiger partial charge is 0.371 e. The standard InChI is InChI=1S/C14H22N2/c1-3-12-4-6-14(7-5-12)16-10-8-13(15-2)9-11-16/h4-7,13,15H,3,8-11H2,1-2H3. The van der Waals surface area contributed by atoms with Crippen molar-refractivity contribution >= 4 is 5.69 Å². The lowest BCUT2D eigenvalue weighted by Gasteiger charge is -2.33. The first-order chi connectivity index (χ1) is 7.83. The first-order valence-electron chi connectivity index (χ1n) is 6.34. The highest BCUT2D eigenvalue weighted by atomic mass is 15.1. The molecule has 2 rings (SSSR count). The van der Waals surface area contributed by atoms with Gasteiger partial charge in [-0.15, -0.1) is 0 Å². The van der Waals surface area contributed by atoms with Crippen LogP contribution in [0.25, 0.3) is 0 Å². The summed E-state index contributed by atoms with van der Waals surface area (Å²) in [4.78, 5) is 2.49. The van der Waals surface area contributed by atoms with Crippen LogP contribution in [-0.4, -0.2) is 26.2 Å². The average molecular weight is 218 g/mol. The molecule has 88 valence electrons. The van der Waals surface area contributed by atoms with Crippen LogP contribution in [0, 0.1) is 0 Å². The summed E-state index contributed by atoms with van der Waals surface area (Å²) in [5.41, 5.74) is 2.81. The molecule has 0 saturated carbocycles. The fraction of sp³-hybridized carbons (Fsp3) is 0.571. The lowest BCUT2D eigenvalue weighted by atomic mass is 10.0. The normalized spacial score (nSPS) is 17.8. The summed E-state index contributed by atoms with van der Waals surface area (Å²) < 4.78 is 0. The van der Waals surface area contributed by atoms with E-state index in [0.29, 0.717) is 6.04 Å². The van der Waals surface area contributed by atoms with Crippen LogP contribution in [0.15, 0.2) is 24.3 Å². The van der Waals surface area contributed by atoms with E-state index in [0.717, 1.165) is 6.42 Å². The molecule has 2 nitrogen and oxygen atoms in total. The van der Waals surface area contributed by atoms with Gasteiger partial charge in [-0.05, 0) is 44.0 Å². The number of anilines is 1. The minimum atomic E-state index is 0.714. The van der Waals surface area contributed by atoms with Crippen LogP contribution in [0.5, 0.6) is 0 Å². The first kappa shape index (κ1) is 11.5. The third kappa shape index (κ3) is 2.56. The van der Waals surface area contributed by atoms with E-state index < -0.39 is 0 Å². The highest BCUT2D eigenvalue weighted by molar-refractivity contribution is 5.48. The second kappa shape index (κ2) is 5.35. The van der Waals surface area contributed by atoms with Gasteiger partial charge in [0.15, 0.2) is 0 Å². The molecule has 1 saturated heterocycles. The van der Waals surface area contributed by atoms with Crippen molar-refractivity contribution in [2.45, 2.75) is 32.2 Å². The van der Waals surface area contributed by atoms with Gasteiger partial charge >= 0.3 is 0 Å². The zero-order valence-electron chi connectivity index (χ0n) is 10.4. The number of piperidine rings is 1. The molecule has 2 heteroatoms. The zero-order valence-corrected chi connectivity index (χ0v) is 10.4. The number of hydrogen-bond donors (Lipinski definition) is 1. The van der Waals surface area contributed by atoms with Crippen molar-refractivity contribution < 1.29 is 0 Å². The first-order valence-corrected chi connectivity index (χ1v) is 6.34. The second-order valence-corrected chi connectivity index (χ2v) is 4.57. The fourth-order valence-electron chi connectivity index (χ4n) is 2.37. The van der Waals surface area contributed by atoms with Crippen LogP contribution in [0.2, 0.25) is 0 Å². The summed E-state index contributed by atoms with van der Waals surface area (Å²) in [5, 5.41) is 3.37. The summed E-state index contributed by atoms with van der Waals surface area (Å²) in [7, 11) is 2.07. The summed E-state index contributed by atoms with van der Waals surface area (Å²) in [5.74, 6) is 0. The molecule has 1 aliphatic rings. The van der Waals surface area contributed by atoms with Crippen LogP contribution in [0.4, 0.5) is 5.69 Å². The monoisotopic (exact) mass is 218 g/mol. The number of benzene rings is 1. The molecule has 1 N–H and O–H groups in total. The third-order valence-corrected chi connectivity index (χ3v) is 3.61. The third-order valence-electron chi connectivity index (χ3n) is 3.61. The van der Waals surface area contributed by atoms with Gasteiger partial charge in [0.2, 0.25) is 0 Å². The van der Waals surface area contributed by atoms with Gasteiger partial charge in [0.25, 0.3) is 0 Å². The molecule has 0 spiro atoms. The number of rotatable bonds is 3. The molecular formula is C14H22N2. The van der Waals surface area contributed by atoms with Crippen LogP contribution in [0.3, 0.4) is 0 Å². The molecule has 1 fully saturated rings. The Labute approximate surface area is 98.7 Å². The molecule has 0 amide bonds. The molecule has 1 aliphatic heterocycles. The molecule has 0 aliphatic carbocycles. The van der Waals surface area contributed by atoms with Crippen molar-refractivity contribution in [2.75, 3.05) is 25.0 Å². The van der Waals surface area contributed by atoms with Gasteiger partial charge in [-0.1, -0.05) is 19.1 Å². The van der Waals surface area contributed by atoms with Crippen LogP contribution in [-0.2, 0) is 6.42 Å². The van der Waals surface area contributed by atoms with Crippen molar-refractivity contribution in [2.24, 2.45) is 0 Å². The Morgan fingerprint density at radius 1 is 1.19 bits per heavy atom. The summed E-state index contributed by atoms with van der Waals surface area (Å²) in [6, 6.07) is 9.74. The molecule has 16 heavy (non-hydrogen) atoms. The number of hydrogen-bond acceptors (Lipinski definition) is 2. The molecule has 1 heterocycles. The van der Waals surface area contributed by atoms with Crippen molar-refractivity contribution in [3.63, 3.8) is 0 Å². The SMILES string of the molecule is CCc1ccc(N2CCC(NC)CC2)cc1. The second-order valence-electron chi connectivity index (χ2n) is 4.57. The Balaban J connectivity index is 1.97. The van der Waals surface area contributed by atoms with Gasteiger partial charge in [-0.2, -0.15) is 0 Å². The number of aryl methyl sites for hydroxylation is 1. The van der Waals surface area contributed by atoms with E-state index in [4.69, 9.17) is 0 Å². The maximum atomic E-state index is 3.37. The maximum absolute atomic E-state index is 3.37. The van der Waals surface area contributed by atoms with Gasteiger partial charge in [0, 0.05) is 24.8 Å². The van der Waals surface area contributed by atoms with Gasteiger partial charge in [0.05, 0.1) is 0 Å². The highest BCUT2D eigenvalue weighted by Crippen LogP contribution is 2.20. The predicted octanol–water partition coefficient (Wildman–Crippen LogP) is 2.44. The molecule has 0 aromatic heterocycles. The van der Waals surface area contributed by atoms with Gasteiger partial charge in [-0.3, -0.25) is 0 Å². The quantitative estimate of drug-likeness (QED) is 0.838. The van der Waals surface area contributed by atoms with E-state index in [1.54, 1.807) is 0 Å². The molecule has 0 bridgehead atoms. The van der Waals surface area contributed by atoms with E-state index in [1.807, 2.05) is 0 Å². The van der Waals surface area contributed by atoms with E-state index in [9.17, 15) is 0 Å². The lowest BCUT2D eigenvalue weighted by molar-refractivity contribution is 0.442. The minimum Gasteiger partial charge on any atom is -0.371 e. The molecule has 1 aromatic carbocycles. The van der Waals surface area contributed by atoms with Crippen molar-refractivity contribution in [3.05, 3.63) is 29.8 Å². The van der Waals surface area contributed by atoms with Crippen LogP contribution < -0.4 is 10.2 Å². The Bertz CT molecular complexity index is 310. The highest BCUT2D eigenvalue weighted by Gasteiger charge is 2.17. The summed E-state index contributed by atoms with van der Waals surface area (Å²) in [6.45, 7) is 4.56. The van der Waals surface area contributed by atoms with E-state index in [-0.39, 0.29) is 0 Å². The Hall–Kier alpha value is -1.02. The number of nitrogens with one attached hydrogen (secondary N) is 1. The van der Waals surface area contributed by atoms with Crippen LogP contribution in [0.1, 0.15) is 25.3 Å². The van der Waals surface area contributed by atoms with E-state index in [1.165, 1.54) is 37.2 Å². The Morgan fingerprint density at radius 3 is 2.31 bits per heavy atom. The minimum absolute atomic E-state index is 0.714. The average Bonchev–Trinajstić information content (AvgIpc) is 2.39. The van der Waals surface area contributed by atoms with Gasteiger partial charge < -0.3 is 10.2 Å². The summed E-state index contributed by atoms with van der Waals surface area (Å²) in [6.07, 6.45) is 3.64.